The van der Waals surface area contributed by atoms with Crippen LogP contribution in [0.1, 0.15) is 71.1 Å². The highest BCUT2D eigenvalue weighted by Crippen LogP contribution is 2.26. The molecule has 0 aliphatic carbocycles. The number of unbranched alkanes of at least 4 members (excludes halogenated alkanes) is 5. The Morgan fingerprint density at radius 1 is 0.971 bits per heavy atom. The number of nitrogens with zero attached hydrogens (tertiary/aromatic N) is 2. The van der Waals surface area contributed by atoms with Gasteiger partial charge in [0.1, 0.15) is 6.04 Å². The fourth-order valence-electron chi connectivity index (χ4n) is 4.58. The molecule has 2 fully saturated rings. The maximum absolute atomic E-state index is 12.7. The number of rotatable bonds is 11. The molecule has 34 heavy (non-hydrogen) atoms. The Morgan fingerprint density at radius 2 is 1.71 bits per heavy atom. The number of hydrogen-bond donors (Lipinski definition) is 1. The number of piperidine rings is 1. The average Bonchev–Trinajstić information content (AvgIpc) is 3.23. The van der Waals surface area contributed by atoms with Crippen molar-refractivity contribution in [1.29, 1.82) is 0 Å². The molecule has 0 spiro atoms. The van der Waals surface area contributed by atoms with Crippen molar-refractivity contribution in [2.75, 3.05) is 25.4 Å². The Labute approximate surface area is 207 Å². The normalized spacial score (nSPS) is 25.7. The van der Waals surface area contributed by atoms with Crippen molar-refractivity contribution >= 4 is 35.4 Å². The minimum atomic E-state index is -0.613. The minimum Gasteiger partial charge on any atom is -0.343 e. The number of nitrogens with one attached hydrogen (secondary N) is 1. The van der Waals surface area contributed by atoms with Crippen LogP contribution in [0.5, 0.6) is 0 Å². The summed E-state index contributed by atoms with van der Waals surface area (Å²) >= 11 is 1.80. The van der Waals surface area contributed by atoms with E-state index in [9.17, 15) is 19.2 Å². The highest BCUT2D eigenvalue weighted by Gasteiger charge is 2.34. The van der Waals surface area contributed by atoms with Crippen molar-refractivity contribution in [2.24, 2.45) is 0 Å². The van der Waals surface area contributed by atoms with E-state index in [0.717, 1.165) is 55.0 Å². The first-order chi connectivity index (χ1) is 16.5. The molecule has 3 heterocycles. The van der Waals surface area contributed by atoms with Gasteiger partial charge in [-0.3, -0.25) is 24.5 Å². The number of carbonyl (C=O) groups excluding carboxylic acids is 4. The van der Waals surface area contributed by atoms with E-state index in [0.29, 0.717) is 18.9 Å². The zero-order valence-corrected chi connectivity index (χ0v) is 21.0. The van der Waals surface area contributed by atoms with Gasteiger partial charge < -0.3 is 9.80 Å². The van der Waals surface area contributed by atoms with Crippen LogP contribution in [-0.4, -0.2) is 64.9 Å². The molecule has 0 bridgehead atoms. The summed E-state index contributed by atoms with van der Waals surface area (Å²) < 4.78 is 0. The van der Waals surface area contributed by atoms with Gasteiger partial charge in [0.25, 0.3) is 0 Å². The zero-order valence-electron chi connectivity index (χ0n) is 20.2. The number of thioether (sulfide) groups is 1. The second-order valence-electron chi connectivity index (χ2n) is 9.25. The molecule has 0 aromatic heterocycles. The molecule has 3 aliphatic rings. The van der Waals surface area contributed by atoms with Crippen molar-refractivity contribution in [1.82, 2.24) is 15.1 Å². The topological polar surface area (TPSA) is 86.8 Å². The molecule has 0 saturated carbocycles. The predicted octanol–water partition coefficient (Wildman–Crippen LogP) is 3.72. The third kappa shape index (κ3) is 7.86. The van der Waals surface area contributed by atoms with Gasteiger partial charge in [0.2, 0.25) is 23.6 Å². The van der Waals surface area contributed by atoms with Gasteiger partial charge in [-0.25, -0.2) is 0 Å². The first kappa shape index (κ1) is 26.3. The van der Waals surface area contributed by atoms with Crippen LogP contribution in [0.2, 0.25) is 0 Å². The third-order valence-electron chi connectivity index (χ3n) is 6.55. The minimum absolute atomic E-state index is 0.209. The van der Waals surface area contributed by atoms with E-state index < -0.39 is 6.04 Å². The smallest absolute Gasteiger partial charge is 0.249 e. The van der Waals surface area contributed by atoms with Crippen molar-refractivity contribution < 1.29 is 19.2 Å². The second-order valence-corrected chi connectivity index (χ2v) is 10.4. The molecule has 1 N–H and O–H groups in total. The first-order valence-electron chi connectivity index (χ1n) is 12.5. The number of amides is 4. The molecule has 4 amide bonds. The van der Waals surface area contributed by atoms with Crippen molar-refractivity contribution in [2.45, 2.75) is 77.2 Å². The highest BCUT2D eigenvalue weighted by atomic mass is 32.2. The summed E-state index contributed by atoms with van der Waals surface area (Å²) in [5.74, 6) is 0.453. The van der Waals surface area contributed by atoms with E-state index >= 15 is 0 Å². The summed E-state index contributed by atoms with van der Waals surface area (Å²) in [6, 6.07) is -0.613. The maximum atomic E-state index is 12.7. The van der Waals surface area contributed by atoms with Crippen LogP contribution in [-0.2, 0) is 19.2 Å². The lowest BCUT2D eigenvalue weighted by atomic mass is 10.0. The van der Waals surface area contributed by atoms with Crippen LogP contribution in [0, 0.1) is 0 Å². The zero-order chi connectivity index (χ0) is 24.3. The fourth-order valence-corrected chi connectivity index (χ4v) is 5.63. The molecule has 0 aromatic carbocycles. The molecular weight excluding hydrogens is 450 g/mol. The molecule has 0 radical (unpaired) electrons. The van der Waals surface area contributed by atoms with Crippen LogP contribution < -0.4 is 5.32 Å². The molecule has 2 saturated heterocycles. The van der Waals surface area contributed by atoms with Gasteiger partial charge in [-0.2, -0.15) is 0 Å². The monoisotopic (exact) mass is 487 g/mol. The Kier molecular flexibility index (Phi) is 10.4. The first-order valence-corrected chi connectivity index (χ1v) is 13.5. The number of allylic oxidation sites excluding steroid dienone is 3. The van der Waals surface area contributed by atoms with Gasteiger partial charge in [-0.1, -0.05) is 37.8 Å². The summed E-state index contributed by atoms with van der Waals surface area (Å²) in [7, 11) is 0. The molecule has 186 valence electrons. The van der Waals surface area contributed by atoms with E-state index in [2.05, 4.69) is 5.32 Å². The summed E-state index contributed by atoms with van der Waals surface area (Å²) in [6.07, 6.45) is 16.5. The van der Waals surface area contributed by atoms with Gasteiger partial charge in [-0.15, -0.1) is 11.8 Å². The molecule has 7 nitrogen and oxygen atoms in total. The molecule has 1 unspecified atom stereocenters. The third-order valence-corrected chi connectivity index (χ3v) is 7.83. The average molecular weight is 488 g/mol. The summed E-state index contributed by atoms with van der Waals surface area (Å²) in [5.41, 5.74) is 1.06. The van der Waals surface area contributed by atoms with E-state index in [1.807, 2.05) is 24.0 Å². The Hall–Kier alpha value is -2.35. The van der Waals surface area contributed by atoms with E-state index in [1.54, 1.807) is 22.7 Å². The van der Waals surface area contributed by atoms with Gasteiger partial charge in [0.05, 0.1) is 0 Å². The SMILES string of the molecule is C\C1=C(SCCCCCCCCN2CCCC2=O)/C=C\C=C\C(=O)N(C2CCC(=O)NC2=O)C1. The van der Waals surface area contributed by atoms with Crippen molar-refractivity contribution in [3.63, 3.8) is 0 Å². The van der Waals surface area contributed by atoms with Gasteiger partial charge in [-0.05, 0) is 50.0 Å². The van der Waals surface area contributed by atoms with Gasteiger partial charge >= 0.3 is 0 Å². The molecular formula is C26H37N3O4S. The van der Waals surface area contributed by atoms with Crippen LogP contribution in [0.25, 0.3) is 0 Å². The summed E-state index contributed by atoms with van der Waals surface area (Å²) in [6.45, 7) is 4.24. The predicted molar refractivity (Wildman–Crippen MR) is 135 cm³/mol. The molecule has 3 rings (SSSR count). The largest absolute Gasteiger partial charge is 0.343 e. The van der Waals surface area contributed by atoms with Crippen LogP contribution >= 0.6 is 11.8 Å². The quantitative estimate of drug-likeness (QED) is 0.355. The van der Waals surface area contributed by atoms with Gasteiger partial charge in [0.15, 0.2) is 0 Å². The van der Waals surface area contributed by atoms with Crippen LogP contribution in [0.15, 0.2) is 34.8 Å². The maximum Gasteiger partial charge on any atom is 0.249 e. The number of hydrogen-bond acceptors (Lipinski definition) is 5. The molecule has 8 heteroatoms. The Bertz CT molecular complexity index is 864. The lowest BCUT2D eigenvalue weighted by molar-refractivity contribution is -0.143. The second kappa shape index (κ2) is 13.5. The number of carbonyl (C=O) groups is 4. The van der Waals surface area contributed by atoms with E-state index in [-0.39, 0.29) is 24.1 Å². The van der Waals surface area contributed by atoms with E-state index in [1.165, 1.54) is 31.8 Å². The fraction of sp³-hybridized carbons (Fsp3) is 0.615. The standard InChI is InChI=1S/C26H37N3O4S/c1-20-19-29(21-14-15-23(30)27-26(21)33)25(32)12-7-6-11-22(20)34-18-9-5-3-2-4-8-16-28-17-10-13-24(28)31/h6-7,11-12,21H,2-5,8-10,13-19H2,1H3,(H,27,30,33)/b11-6-,12-7+,22-20-. The molecule has 3 aliphatic heterocycles. The lowest BCUT2D eigenvalue weighted by Crippen LogP contribution is -2.54. The van der Waals surface area contributed by atoms with Crippen molar-refractivity contribution in [3.05, 3.63) is 34.8 Å². The molecule has 1 atom stereocenters. The Balaban J connectivity index is 1.40. The highest BCUT2D eigenvalue weighted by molar-refractivity contribution is 8.03. The van der Waals surface area contributed by atoms with Crippen LogP contribution in [0.3, 0.4) is 0 Å². The number of likely N-dealkylation sites (tertiary alicyclic amines) is 1. The Morgan fingerprint density at radius 3 is 2.44 bits per heavy atom. The molecule has 0 aromatic rings. The van der Waals surface area contributed by atoms with Gasteiger partial charge in [0, 0.05) is 43.5 Å². The van der Waals surface area contributed by atoms with Crippen molar-refractivity contribution in [3.8, 4) is 0 Å². The van der Waals surface area contributed by atoms with Crippen LogP contribution in [0.4, 0.5) is 0 Å². The summed E-state index contributed by atoms with van der Waals surface area (Å²) in [4.78, 5) is 52.9. The van der Waals surface area contributed by atoms with E-state index in [4.69, 9.17) is 0 Å². The summed E-state index contributed by atoms with van der Waals surface area (Å²) in [5, 5.41) is 2.36. The lowest BCUT2D eigenvalue weighted by Gasteiger charge is -2.32. The number of imide groups is 1.